The molecule has 1 rings (SSSR count). The number of methoxy groups -OCH3 is 1. The first-order chi connectivity index (χ1) is 13.4. The number of carbonyl (C=O) groups excluding carboxylic acids is 3. The summed E-state index contributed by atoms with van der Waals surface area (Å²) in [7, 11) is 1.35. The predicted octanol–water partition coefficient (Wildman–Crippen LogP) is 3.17. The molecule has 0 radical (unpaired) electrons. The number of anilines is 1. The molecule has 9 nitrogen and oxygen atoms in total. The number of hydrogen-bond donors (Lipinski definition) is 3. The van der Waals surface area contributed by atoms with Crippen molar-refractivity contribution in [2.24, 2.45) is 0 Å². The van der Waals surface area contributed by atoms with Crippen LogP contribution in [0.3, 0.4) is 0 Å². The Kier molecular flexibility index (Phi) is 9.48. The average Bonchev–Trinajstić information content (AvgIpc) is 2.61. The van der Waals surface area contributed by atoms with Crippen LogP contribution in [0.4, 0.5) is 10.5 Å². The minimum atomic E-state index is -1.84. The summed E-state index contributed by atoms with van der Waals surface area (Å²) in [6.45, 7) is 0.760. The van der Waals surface area contributed by atoms with Crippen molar-refractivity contribution in [3.63, 3.8) is 0 Å². The average molecular weight is 470 g/mol. The van der Waals surface area contributed by atoms with E-state index in [1.165, 1.54) is 32.2 Å². The quantitative estimate of drug-likeness (QED) is 0.374. The summed E-state index contributed by atoms with van der Waals surface area (Å²) < 4.78 is 7.93. The van der Waals surface area contributed by atoms with Crippen LogP contribution in [-0.2, 0) is 14.3 Å². The van der Waals surface area contributed by atoms with Gasteiger partial charge < -0.3 is 25.2 Å². The van der Waals surface area contributed by atoms with Gasteiger partial charge in [-0.05, 0) is 18.6 Å². The third kappa shape index (κ3) is 9.21. The van der Waals surface area contributed by atoms with Crippen LogP contribution in [0.1, 0.15) is 30.1 Å². The van der Waals surface area contributed by atoms with Crippen molar-refractivity contribution < 1.29 is 33.8 Å². The maximum Gasteiger partial charge on any atom is 0.407 e. The van der Waals surface area contributed by atoms with Crippen molar-refractivity contribution >= 4 is 64.2 Å². The Morgan fingerprint density at radius 2 is 1.86 bits per heavy atom. The Labute approximate surface area is 181 Å². The number of Topliss-reactive ketones (excluding diaryl/α,β-unsaturated/α-hetero) is 1. The van der Waals surface area contributed by atoms with E-state index in [0.717, 1.165) is 0 Å². The molecule has 0 saturated carbocycles. The molecule has 0 saturated heterocycles. The van der Waals surface area contributed by atoms with E-state index in [9.17, 15) is 24.3 Å². The Morgan fingerprint density at radius 3 is 2.38 bits per heavy atom. The van der Waals surface area contributed by atoms with Crippen LogP contribution in [0, 0.1) is 0 Å². The molecule has 0 aliphatic heterocycles. The zero-order chi connectivity index (χ0) is 22.2. The molecule has 12 heteroatoms. The van der Waals surface area contributed by atoms with Crippen molar-refractivity contribution in [3.05, 3.63) is 23.8 Å². The van der Waals surface area contributed by atoms with Gasteiger partial charge in [0.05, 0.1) is 12.7 Å². The van der Waals surface area contributed by atoms with E-state index < -0.39 is 34.3 Å². The lowest BCUT2D eigenvalue weighted by Crippen LogP contribution is -2.42. The molecule has 1 atom stereocenters. The number of alkyl halides is 3. The second-order valence-corrected chi connectivity index (χ2v) is 8.30. The van der Waals surface area contributed by atoms with Gasteiger partial charge in [0.1, 0.15) is 18.4 Å². The maximum atomic E-state index is 12.5. The number of ketones is 1. The van der Waals surface area contributed by atoms with Crippen molar-refractivity contribution in [1.82, 2.24) is 5.32 Å². The molecule has 0 fully saturated rings. The molecule has 0 aliphatic carbocycles. The van der Waals surface area contributed by atoms with Gasteiger partial charge in [-0.2, -0.15) is 0 Å². The normalized spacial score (nSPS) is 11.9. The zero-order valence-corrected chi connectivity index (χ0v) is 17.7. The summed E-state index contributed by atoms with van der Waals surface area (Å²) in [6, 6.07) is 3.03. The number of rotatable bonds is 9. The Morgan fingerprint density at radius 1 is 1.21 bits per heavy atom. The van der Waals surface area contributed by atoms with Crippen LogP contribution in [0.2, 0.25) is 0 Å². The third-order valence-electron chi connectivity index (χ3n) is 3.44. The lowest BCUT2D eigenvalue weighted by atomic mass is 10.0. The van der Waals surface area contributed by atoms with Crippen LogP contribution in [0.5, 0.6) is 5.75 Å². The number of nitrogens with one attached hydrogen (secondary N) is 2. The molecule has 0 bridgehead atoms. The first-order valence-electron chi connectivity index (χ1n) is 8.14. The van der Waals surface area contributed by atoms with E-state index in [0.29, 0.717) is 5.69 Å². The van der Waals surface area contributed by atoms with Gasteiger partial charge >= 0.3 is 12.1 Å². The van der Waals surface area contributed by atoms with Gasteiger partial charge in [-0.25, -0.2) is 9.59 Å². The number of carboxylic acids is 1. The Bertz CT molecular complexity index is 781. The number of halogens is 3. The van der Waals surface area contributed by atoms with E-state index in [1.54, 1.807) is 0 Å². The van der Waals surface area contributed by atoms with Crippen molar-refractivity contribution in [2.75, 3.05) is 19.0 Å². The SMILES string of the molecule is COc1cc(NC(C)=O)ccc1C(=O)CCC(NC(=O)OCC(Cl)(Cl)Cl)C(=O)O. The number of ether oxygens (including phenoxy) is 2. The van der Waals surface area contributed by atoms with E-state index in [2.05, 4.69) is 15.4 Å². The fourth-order valence-corrected chi connectivity index (χ4v) is 2.37. The standard InChI is InChI=1S/C17H19Cl3N2O7/c1-9(23)21-10-3-4-11(14(7-10)28-2)13(24)6-5-12(15(25)26)22-16(27)29-8-17(18,19)20/h3-4,7,12H,5-6,8H2,1-2H3,(H,21,23)(H,22,27)(H,25,26). The molecule has 1 aromatic rings. The second kappa shape index (κ2) is 11.1. The summed E-state index contributed by atoms with van der Waals surface area (Å²) in [4.78, 5) is 46.6. The van der Waals surface area contributed by atoms with Gasteiger partial charge in [-0.1, -0.05) is 34.8 Å². The fourth-order valence-electron chi connectivity index (χ4n) is 2.20. The molecular weight excluding hydrogens is 451 g/mol. The van der Waals surface area contributed by atoms with Crippen LogP contribution in [-0.4, -0.2) is 52.4 Å². The second-order valence-electron chi connectivity index (χ2n) is 5.78. The molecule has 0 aromatic heterocycles. The maximum absolute atomic E-state index is 12.5. The first kappa shape index (κ1) is 24.8. The van der Waals surface area contributed by atoms with E-state index in [-0.39, 0.29) is 30.1 Å². The van der Waals surface area contributed by atoms with E-state index in [4.69, 9.17) is 39.5 Å². The van der Waals surface area contributed by atoms with Gasteiger partial charge in [0, 0.05) is 25.1 Å². The largest absolute Gasteiger partial charge is 0.496 e. The molecule has 3 N–H and O–H groups in total. The monoisotopic (exact) mass is 468 g/mol. The highest BCUT2D eigenvalue weighted by molar-refractivity contribution is 6.67. The van der Waals surface area contributed by atoms with Gasteiger partial charge in [0.15, 0.2) is 5.78 Å². The molecule has 0 aliphatic rings. The smallest absolute Gasteiger partial charge is 0.407 e. The van der Waals surface area contributed by atoms with E-state index >= 15 is 0 Å². The number of hydrogen-bond acceptors (Lipinski definition) is 6. The van der Waals surface area contributed by atoms with Crippen molar-refractivity contribution in [2.45, 2.75) is 29.6 Å². The number of aliphatic carboxylic acids is 1. The minimum Gasteiger partial charge on any atom is -0.496 e. The lowest BCUT2D eigenvalue weighted by molar-refractivity contribution is -0.139. The topological polar surface area (TPSA) is 131 Å². The number of carbonyl (C=O) groups is 4. The van der Waals surface area contributed by atoms with Gasteiger partial charge in [-0.15, -0.1) is 0 Å². The van der Waals surface area contributed by atoms with Crippen molar-refractivity contribution in [1.29, 1.82) is 0 Å². The van der Waals surface area contributed by atoms with Gasteiger partial charge in [-0.3, -0.25) is 9.59 Å². The molecular formula is C17H19Cl3N2O7. The summed E-state index contributed by atoms with van der Waals surface area (Å²) in [5.74, 6) is -1.86. The van der Waals surface area contributed by atoms with Crippen LogP contribution < -0.4 is 15.4 Å². The number of alkyl carbamates (subject to hydrolysis) is 1. The summed E-state index contributed by atoms with van der Waals surface area (Å²) >= 11 is 16.3. The summed E-state index contributed by atoms with van der Waals surface area (Å²) in [5, 5.41) is 13.9. The van der Waals surface area contributed by atoms with Crippen LogP contribution in [0.25, 0.3) is 0 Å². The molecule has 0 heterocycles. The minimum absolute atomic E-state index is 0.199. The third-order valence-corrected chi connectivity index (χ3v) is 3.77. The predicted molar refractivity (Wildman–Crippen MR) is 107 cm³/mol. The Hall–Kier alpha value is -2.23. The number of carboxylic acid groups (broad SMARTS) is 1. The highest BCUT2D eigenvalue weighted by Gasteiger charge is 2.26. The molecule has 2 amide bonds. The van der Waals surface area contributed by atoms with Crippen LogP contribution >= 0.6 is 34.8 Å². The van der Waals surface area contributed by atoms with Gasteiger partial charge in [0.2, 0.25) is 9.70 Å². The number of benzene rings is 1. The Balaban J connectivity index is 2.75. The molecule has 160 valence electrons. The highest BCUT2D eigenvalue weighted by atomic mass is 35.6. The lowest BCUT2D eigenvalue weighted by Gasteiger charge is -2.16. The molecule has 29 heavy (non-hydrogen) atoms. The molecule has 0 spiro atoms. The fraction of sp³-hybridized carbons (Fsp3) is 0.412. The van der Waals surface area contributed by atoms with Crippen LogP contribution in [0.15, 0.2) is 18.2 Å². The van der Waals surface area contributed by atoms with Crippen molar-refractivity contribution in [3.8, 4) is 5.75 Å². The molecule has 1 unspecified atom stereocenters. The molecule has 1 aromatic carbocycles. The highest BCUT2D eigenvalue weighted by Crippen LogP contribution is 2.26. The summed E-state index contributed by atoms with van der Waals surface area (Å²) in [6.07, 6.45) is -1.53. The summed E-state index contributed by atoms with van der Waals surface area (Å²) in [5.41, 5.74) is 0.636. The zero-order valence-electron chi connectivity index (χ0n) is 15.5. The first-order valence-corrected chi connectivity index (χ1v) is 9.28. The van der Waals surface area contributed by atoms with E-state index in [1.807, 2.05) is 0 Å². The number of amides is 2. The van der Waals surface area contributed by atoms with Gasteiger partial charge in [0.25, 0.3) is 0 Å².